The topological polar surface area (TPSA) is 89.1 Å². The van der Waals surface area contributed by atoms with Crippen LogP contribution in [0.5, 0.6) is 5.75 Å². The van der Waals surface area contributed by atoms with Crippen LogP contribution in [0.4, 0.5) is 4.79 Å². The van der Waals surface area contributed by atoms with Gasteiger partial charge in [0.1, 0.15) is 18.0 Å². The van der Waals surface area contributed by atoms with Crippen molar-refractivity contribution in [1.82, 2.24) is 20.3 Å². The first kappa shape index (κ1) is 25.0. The number of aromatic amines is 1. The van der Waals surface area contributed by atoms with E-state index < -0.39 is 11.7 Å². The smallest absolute Gasteiger partial charge is 0.408 e. The van der Waals surface area contributed by atoms with E-state index in [4.69, 9.17) is 21.1 Å². The Kier molecular flexibility index (Phi) is 7.04. The zero-order valence-corrected chi connectivity index (χ0v) is 22.3. The number of hydrogen-bond acceptors (Lipinski definition) is 6. The summed E-state index contributed by atoms with van der Waals surface area (Å²) in [6, 6.07) is 11.7. The zero-order chi connectivity index (χ0) is 26.0. The van der Waals surface area contributed by atoms with Gasteiger partial charge >= 0.3 is 6.09 Å². The Morgan fingerprint density at radius 1 is 1.11 bits per heavy atom. The van der Waals surface area contributed by atoms with E-state index in [2.05, 4.69) is 26.3 Å². The van der Waals surface area contributed by atoms with Crippen molar-refractivity contribution in [2.75, 3.05) is 6.61 Å². The number of halogens is 1. The number of benzene rings is 1. The molecule has 37 heavy (non-hydrogen) atoms. The predicted octanol–water partition coefficient (Wildman–Crippen LogP) is 7.01. The number of rotatable bonds is 7. The van der Waals surface area contributed by atoms with Gasteiger partial charge < -0.3 is 19.8 Å². The van der Waals surface area contributed by atoms with Crippen molar-refractivity contribution in [3.8, 4) is 16.2 Å². The number of thiophene rings is 1. The molecule has 1 amide bonds. The van der Waals surface area contributed by atoms with E-state index in [0.717, 1.165) is 37.0 Å². The summed E-state index contributed by atoms with van der Waals surface area (Å²) >= 11 is 7.90. The molecule has 5 aromatic rings. The van der Waals surface area contributed by atoms with Crippen LogP contribution in [0.15, 0.2) is 67.4 Å². The number of fused-ring (bicyclic) bond motifs is 2. The van der Waals surface area contributed by atoms with Gasteiger partial charge in [-0.25, -0.2) is 4.79 Å². The number of aromatic nitrogens is 3. The summed E-state index contributed by atoms with van der Waals surface area (Å²) in [7, 11) is 0. The van der Waals surface area contributed by atoms with Gasteiger partial charge in [0, 0.05) is 51.5 Å². The summed E-state index contributed by atoms with van der Waals surface area (Å²) in [6.07, 6.45) is 8.97. The largest absolute Gasteiger partial charge is 0.490 e. The van der Waals surface area contributed by atoms with Gasteiger partial charge in [-0.2, -0.15) is 0 Å². The third-order valence-corrected chi connectivity index (χ3v) is 7.13. The highest BCUT2D eigenvalue weighted by Gasteiger charge is 2.21. The van der Waals surface area contributed by atoms with E-state index >= 15 is 0 Å². The van der Waals surface area contributed by atoms with Crippen LogP contribution in [0.3, 0.4) is 0 Å². The average molecular weight is 535 g/mol. The van der Waals surface area contributed by atoms with Crippen LogP contribution in [-0.4, -0.2) is 39.3 Å². The molecule has 0 bridgehead atoms. The summed E-state index contributed by atoms with van der Waals surface area (Å²) < 4.78 is 12.7. The highest BCUT2D eigenvalue weighted by Crippen LogP contribution is 2.36. The molecular weight excluding hydrogens is 508 g/mol. The molecule has 0 aliphatic rings. The lowest BCUT2D eigenvalue weighted by Crippen LogP contribution is -2.43. The number of alkyl carbamates (subject to hydrolysis) is 1. The Labute approximate surface area is 223 Å². The number of nitrogens with zero attached hydrogens (tertiary/aromatic N) is 2. The summed E-state index contributed by atoms with van der Waals surface area (Å²) in [5.41, 5.74) is 2.45. The van der Waals surface area contributed by atoms with Gasteiger partial charge in [-0.05, 0) is 51.0 Å². The Morgan fingerprint density at radius 3 is 2.73 bits per heavy atom. The molecule has 0 aliphatic heterocycles. The highest BCUT2D eigenvalue weighted by molar-refractivity contribution is 7.22. The van der Waals surface area contributed by atoms with Crippen LogP contribution in [0, 0.1) is 0 Å². The minimum absolute atomic E-state index is 0.242. The summed E-state index contributed by atoms with van der Waals surface area (Å²) in [5, 5.41) is 5.67. The van der Waals surface area contributed by atoms with E-state index in [0.29, 0.717) is 17.2 Å². The molecule has 0 saturated carbocycles. The van der Waals surface area contributed by atoms with E-state index in [1.807, 2.05) is 57.3 Å². The van der Waals surface area contributed by atoms with Crippen molar-refractivity contribution in [2.45, 2.75) is 38.8 Å². The number of ether oxygens (including phenoxy) is 2. The van der Waals surface area contributed by atoms with E-state index in [1.54, 1.807) is 36.1 Å². The monoisotopic (exact) mass is 534 g/mol. The van der Waals surface area contributed by atoms with E-state index in [1.165, 1.54) is 0 Å². The van der Waals surface area contributed by atoms with Crippen molar-refractivity contribution < 1.29 is 14.3 Å². The van der Waals surface area contributed by atoms with Crippen LogP contribution in [-0.2, 0) is 11.2 Å². The molecule has 0 spiro atoms. The number of para-hydroxylation sites is 1. The van der Waals surface area contributed by atoms with Gasteiger partial charge in [-0.1, -0.05) is 29.8 Å². The summed E-state index contributed by atoms with van der Waals surface area (Å²) in [4.78, 5) is 25.5. The fraction of sp³-hybridized carbons (Fsp3) is 0.250. The highest BCUT2D eigenvalue weighted by atomic mass is 35.5. The SMILES string of the molecule is CC(C)(C)OC(=O)N[C@H](COc1cncc(-c2cc3c(Cl)cncc3s2)c1)Cc1c[nH]c2ccccc12. The van der Waals surface area contributed by atoms with Crippen molar-refractivity contribution in [3.63, 3.8) is 0 Å². The number of carbonyl (C=O) groups excluding carboxylic acids is 1. The van der Waals surface area contributed by atoms with Gasteiger partial charge in [0.2, 0.25) is 0 Å². The zero-order valence-electron chi connectivity index (χ0n) is 20.7. The first-order valence-electron chi connectivity index (χ1n) is 11.9. The first-order valence-corrected chi connectivity index (χ1v) is 13.1. The Balaban J connectivity index is 1.34. The fourth-order valence-corrected chi connectivity index (χ4v) is 5.40. The van der Waals surface area contributed by atoms with Crippen LogP contribution in [0.2, 0.25) is 5.02 Å². The molecule has 4 aromatic heterocycles. The van der Waals surface area contributed by atoms with Gasteiger partial charge in [0.05, 0.1) is 22.0 Å². The van der Waals surface area contributed by atoms with Gasteiger partial charge in [-0.3, -0.25) is 9.97 Å². The third kappa shape index (κ3) is 6.03. The number of H-pyrrole nitrogens is 1. The molecule has 5 rings (SSSR count). The maximum absolute atomic E-state index is 12.6. The molecule has 4 heterocycles. The molecule has 0 saturated heterocycles. The molecule has 7 nitrogen and oxygen atoms in total. The fourth-order valence-electron chi connectivity index (χ4n) is 4.09. The second-order valence-electron chi connectivity index (χ2n) is 9.77. The number of hydrogen-bond donors (Lipinski definition) is 2. The van der Waals surface area contributed by atoms with E-state index in [-0.39, 0.29) is 12.6 Å². The molecular formula is C28H27ClN4O3S. The molecule has 9 heteroatoms. The number of nitrogens with one attached hydrogen (secondary N) is 2. The Morgan fingerprint density at radius 2 is 1.92 bits per heavy atom. The maximum atomic E-state index is 12.6. The van der Waals surface area contributed by atoms with Gasteiger partial charge in [0.25, 0.3) is 0 Å². The van der Waals surface area contributed by atoms with Crippen LogP contribution in [0.1, 0.15) is 26.3 Å². The average Bonchev–Trinajstić information content (AvgIpc) is 3.47. The third-order valence-electron chi connectivity index (χ3n) is 5.71. The van der Waals surface area contributed by atoms with Gasteiger partial charge in [0.15, 0.2) is 0 Å². The Bertz CT molecular complexity index is 1560. The molecule has 1 aromatic carbocycles. The molecule has 190 valence electrons. The van der Waals surface area contributed by atoms with Crippen molar-refractivity contribution in [3.05, 3.63) is 78.0 Å². The molecule has 0 fully saturated rings. The number of amides is 1. The Hall–Kier alpha value is -3.62. The molecule has 0 unspecified atom stereocenters. The predicted molar refractivity (Wildman–Crippen MR) is 149 cm³/mol. The molecule has 0 radical (unpaired) electrons. The van der Waals surface area contributed by atoms with Crippen LogP contribution >= 0.6 is 22.9 Å². The molecule has 1 atom stereocenters. The van der Waals surface area contributed by atoms with Gasteiger partial charge in [-0.15, -0.1) is 11.3 Å². The normalized spacial score (nSPS) is 12.5. The van der Waals surface area contributed by atoms with Crippen LogP contribution in [0.25, 0.3) is 31.4 Å². The first-order chi connectivity index (χ1) is 17.7. The second-order valence-corrected chi connectivity index (χ2v) is 11.3. The quantitative estimate of drug-likeness (QED) is 0.234. The molecule has 2 N–H and O–H groups in total. The van der Waals surface area contributed by atoms with E-state index in [9.17, 15) is 4.79 Å². The molecule has 0 aliphatic carbocycles. The lowest BCUT2D eigenvalue weighted by molar-refractivity contribution is 0.0488. The lowest BCUT2D eigenvalue weighted by atomic mass is 10.1. The maximum Gasteiger partial charge on any atom is 0.408 e. The second kappa shape index (κ2) is 10.4. The lowest BCUT2D eigenvalue weighted by Gasteiger charge is -2.24. The van der Waals surface area contributed by atoms with Crippen LogP contribution < -0.4 is 10.1 Å². The summed E-state index contributed by atoms with van der Waals surface area (Å²) in [6.45, 7) is 5.76. The minimum Gasteiger partial charge on any atom is -0.490 e. The summed E-state index contributed by atoms with van der Waals surface area (Å²) in [5.74, 6) is 0.606. The standard InChI is InChI=1S/C28H27ClN4O3S/c1-28(2,3)36-27(34)33-19(8-17-12-32-24-7-5-4-6-21(17)24)16-35-20-9-18(11-30-13-20)25-10-22-23(29)14-31-15-26(22)37-25/h4-7,9-15,19,32H,8,16H2,1-3H3,(H,33,34)/t19-/m0/s1. The minimum atomic E-state index is -0.600. The number of carbonyl (C=O) groups is 1. The van der Waals surface area contributed by atoms with Crippen molar-refractivity contribution in [1.29, 1.82) is 0 Å². The van der Waals surface area contributed by atoms with Crippen molar-refractivity contribution >= 4 is 50.0 Å². The van der Waals surface area contributed by atoms with Crippen molar-refractivity contribution in [2.24, 2.45) is 0 Å². The number of pyridine rings is 2.